The van der Waals surface area contributed by atoms with Gasteiger partial charge < -0.3 is 35.1 Å². The highest BCUT2D eigenvalue weighted by atomic mass is 16.5. The van der Waals surface area contributed by atoms with E-state index in [-0.39, 0.29) is 11.6 Å². The maximum absolute atomic E-state index is 12.1. The van der Waals surface area contributed by atoms with Crippen molar-refractivity contribution < 1.29 is 19.4 Å². The first-order valence-corrected chi connectivity index (χ1v) is 17.7. The molecule has 2 aliphatic rings. The third-order valence-electron chi connectivity index (χ3n) is 10.6. The minimum Gasteiger partial charge on any atom is -0.497 e. The van der Waals surface area contributed by atoms with E-state index in [0.29, 0.717) is 28.9 Å². The molecule has 9 heteroatoms. The molecule has 7 rings (SSSR count). The van der Waals surface area contributed by atoms with Crippen LogP contribution in [-0.2, 0) is 6.54 Å². The summed E-state index contributed by atoms with van der Waals surface area (Å²) >= 11 is 0. The summed E-state index contributed by atoms with van der Waals surface area (Å²) in [5, 5.41) is 18.6. The Morgan fingerprint density at radius 1 is 1.00 bits per heavy atom. The molecule has 50 heavy (non-hydrogen) atoms. The Kier molecular flexibility index (Phi) is 9.79. The number of anilines is 1. The average molecular weight is 674 g/mol. The smallest absolute Gasteiger partial charge is 0.339 e. The van der Waals surface area contributed by atoms with Crippen molar-refractivity contribution in [1.29, 1.82) is 0 Å². The minimum atomic E-state index is -1.02. The van der Waals surface area contributed by atoms with Crippen LogP contribution >= 0.6 is 0 Å². The third kappa shape index (κ3) is 7.34. The number of hydrogen-bond donors (Lipinski definition) is 4. The number of carboxylic acids is 1. The fourth-order valence-corrected chi connectivity index (χ4v) is 7.82. The fourth-order valence-electron chi connectivity index (χ4n) is 7.82. The van der Waals surface area contributed by atoms with Gasteiger partial charge in [0.1, 0.15) is 28.5 Å². The Hall–Kier alpha value is -4.86. The molecule has 2 aromatic heterocycles. The van der Waals surface area contributed by atoms with Crippen molar-refractivity contribution in [3.05, 3.63) is 114 Å². The van der Waals surface area contributed by atoms with Crippen LogP contribution in [0.2, 0.25) is 0 Å². The molecule has 4 N–H and O–H groups in total. The Morgan fingerprint density at radius 3 is 2.48 bits per heavy atom. The van der Waals surface area contributed by atoms with E-state index in [0.717, 1.165) is 61.5 Å². The first kappa shape index (κ1) is 33.6. The number of aromatic nitrogens is 2. The number of H-pyrrole nitrogens is 1. The number of carbonyl (C=O) groups is 1. The van der Waals surface area contributed by atoms with Crippen LogP contribution in [0.25, 0.3) is 11.0 Å². The quantitative estimate of drug-likeness (QED) is 0.0994. The molecule has 0 bridgehead atoms. The highest BCUT2D eigenvalue weighted by Crippen LogP contribution is 2.50. The number of rotatable bonds is 13. The minimum absolute atomic E-state index is 0.136. The lowest BCUT2D eigenvalue weighted by atomic mass is 9.60. The van der Waals surface area contributed by atoms with Gasteiger partial charge in [-0.25, -0.2) is 9.78 Å². The Morgan fingerprint density at radius 2 is 1.76 bits per heavy atom. The molecule has 0 unspecified atom stereocenters. The second-order valence-corrected chi connectivity index (χ2v) is 14.2. The highest BCUT2D eigenvalue weighted by molar-refractivity contribution is 5.92. The second-order valence-electron chi connectivity index (χ2n) is 14.2. The van der Waals surface area contributed by atoms with E-state index in [1.54, 1.807) is 19.4 Å². The molecule has 3 aromatic carbocycles. The summed E-state index contributed by atoms with van der Waals surface area (Å²) in [6, 6.07) is 27.0. The van der Waals surface area contributed by atoms with Crippen LogP contribution in [0.5, 0.6) is 17.2 Å². The third-order valence-corrected chi connectivity index (χ3v) is 10.6. The fraction of sp³-hybridized carbons (Fsp3) is 0.366. The van der Waals surface area contributed by atoms with Crippen molar-refractivity contribution in [1.82, 2.24) is 20.6 Å². The van der Waals surface area contributed by atoms with E-state index in [1.165, 1.54) is 29.5 Å². The Balaban J connectivity index is 0.983. The van der Waals surface area contributed by atoms with Crippen LogP contribution in [-0.4, -0.2) is 53.8 Å². The summed E-state index contributed by atoms with van der Waals surface area (Å²) < 4.78 is 11.5. The van der Waals surface area contributed by atoms with E-state index < -0.39 is 5.97 Å². The van der Waals surface area contributed by atoms with Crippen LogP contribution < -0.4 is 25.0 Å². The molecule has 1 spiro atoms. The summed E-state index contributed by atoms with van der Waals surface area (Å²) in [5.41, 5.74) is 6.24. The van der Waals surface area contributed by atoms with Gasteiger partial charge in [0.25, 0.3) is 0 Å². The van der Waals surface area contributed by atoms with Gasteiger partial charge in [-0.15, -0.1) is 0 Å². The summed E-state index contributed by atoms with van der Waals surface area (Å²) in [6.45, 7) is 8.05. The molecule has 0 radical (unpaired) electrons. The number of nitrogens with one attached hydrogen (secondary N) is 3. The zero-order valence-corrected chi connectivity index (χ0v) is 29.1. The predicted molar refractivity (Wildman–Crippen MR) is 198 cm³/mol. The molecule has 1 aliphatic heterocycles. The number of pyridine rings is 1. The lowest BCUT2D eigenvalue weighted by molar-refractivity contribution is 0.0467. The summed E-state index contributed by atoms with van der Waals surface area (Å²) in [4.78, 5) is 21.9. The van der Waals surface area contributed by atoms with Crippen molar-refractivity contribution in [2.24, 2.45) is 5.41 Å². The first-order chi connectivity index (χ1) is 24.3. The van der Waals surface area contributed by atoms with E-state index >= 15 is 0 Å². The van der Waals surface area contributed by atoms with Crippen LogP contribution in [0.1, 0.15) is 78.5 Å². The van der Waals surface area contributed by atoms with Crippen molar-refractivity contribution in [2.75, 3.05) is 31.6 Å². The molecular weight excluding hydrogens is 626 g/mol. The van der Waals surface area contributed by atoms with E-state index in [1.807, 2.05) is 42.6 Å². The van der Waals surface area contributed by atoms with Crippen LogP contribution in [0.4, 0.5) is 5.69 Å². The zero-order valence-electron chi connectivity index (χ0n) is 29.1. The lowest BCUT2D eigenvalue weighted by Crippen LogP contribution is -2.55. The van der Waals surface area contributed by atoms with Gasteiger partial charge in [0, 0.05) is 61.6 Å². The maximum Gasteiger partial charge on any atom is 0.339 e. The standard InChI is InChI=1S/C41H47N5O4/c1-27(2)34-6-4-5-7-35(34)37(26-42-24-28-8-11-32(49-3)12-9-28)45-30-22-41(23-30)15-18-46(19-16-41)31-10-13-36(40(47)48)38(21-31)50-33-20-29-14-17-43-39(29)44-25-33/h4-14,17,20-21,25,27,30,37,42,45H,15-16,18-19,22-24,26H2,1-3H3,(H,43,44)(H,47,48)/t37-/m0/s1. The molecule has 1 saturated heterocycles. The molecular formula is C41H47N5O4. The van der Waals surface area contributed by atoms with Crippen molar-refractivity contribution in [3.63, 3.8) is 0 Å². The molecule has 260 valence electrons. The molecule has 5 aromatic rings. The Bertz CT molecular complexity index is 1920. The number of carboxylic acid groups (broad SMARTS) is 1. The predicted octanol–water partition coefficient (Wildman–Crippen LogP) is 8.06. The normalized spacial score (nSPS) is 16.4. The van der Waals surface area contributed by atoms with Crippen molar-refractivity contribution >= 4 is 22.7 Å². The van der Waals surface area contributed by atoms with E-state index in [9.17, 15) is 9.90 Å². The molecule has 2 fully saturated rings. The summed E-state index contributed by atoms with van der Waals surface area (Å²) in [7, 11) is 1.70. The van der Waals surface area contributed by atoms with Crippen LogP contribution in [0, 0.1) is 5.41 Å². The second kappa shape index (κ2) is 14.5. The average Bonchev–Trinajstić information content (AvgIpc) is 3.59. The van der Waals surface area contributed by atoms with Gasteiger partial charge in [0.2, 0.25) is 0 Å². The molecule has 1 saturated carbocycles. The zero-order chi connectivity index (χ0) is 34.7. The highest BCUT2D eigenvalue weighted by Gasteiger charge is 2.46. The Labute approximate surface area is 294 Å². The van der Waals surface area contributed by atoms with Gasteiger partial charge in [-0.05, 0) is 90.1 Å². The summed E-state index contributed by atoms with van der Waals surface area (Å²) in [6.07, 6.45) is 7.99. The van der Waals surface area contributed by atoms with Crippen LogP contribution in [0.3, 0.4) is 0 Å². The van der Waals surface area contributed by atoms with Gasteiger partial charge in [-0.3, -0.25) is 0 Å². The number of benzene rings is 3. The number of fused-ring (bicyclic) bond motifs is 1. The number of aromatic amines is 1. The molecule has 3 heterocycles. The van der Waals surface area contributed by atoms with Gasteiger partial charge in [0.05, 0.1) is 13.3 Å². The topological polar surface area (TPSA) is 112 Å². The molecule has 0 amide bonds. The maximum atomic E-state index is 12.1. The van der Waals surface area contributed by atoms with Gasteiger partial charge in [-0.2, -0.15) is 0 Å². The monoisotopic (exact) mass is 673 g/mol. The number of piperidine rings is 1. The van der Waals surface area contributed by atoms with Gasteiger partial charge in [-0.1, -0.05) is 50.2 Å². The van der Waals surface area contributed by atoms with Crippen molar-refractivity contribution in [2.45, 2.75) is 64.1 Å². The molecule has 9 nitrogen and oxygen atoms in total. The lowest BCUT2D eigenvalue weighted by Gasteiger charge is -2.53. The van der Waals surface area contributed by atoms with Crippen LogP contribution in [0.15, 0.2) is 91.3 Å². The van der Waals surface area contributed by atoms with Gasteiger partial charge in [0.15, 0.2) is 0 Å². The SMILES string of the molecule is COc1ccc(CNC[C@H](NC2CC3(CCN(c4ccc(C(=O)O)c(Oc5cnc6[nH]ccc6c5)c4)CC3)C2)c2ccccc2C(C)C)cc1. The first-order valence-electron chi connectivity index (χ1n) is 17.7. The largest absolute Gasteiger partial charge is 0.497 e. The number of methoxy groups -OCH3 is 1. The molecule has 1 aliphatic carbocycles. The van der Waals surface area contributed by atoms with E-state index in [2.05, 4.69) is 75.7 Å². The van der Waals surface area contributed by atoms with E-state index in [4.69, 9.17) is 9.47 Å². The summed E-state index contributed by atoms with van der Waals surface area (Å²) in [5.74, 6) is 1.14. The number of hydrogen-bond acceptors (Lipinski definition) is 7. The molecule has 1 atom stereocenters. The van der Waals surface area contributed by atoms with Gasteiger partial charge >= 0.3 is 5.97 Å². The number of ether oxygens (including phenoxy) is 2. The number of nitrogens with zero attached hydrogens (tertiary/aromatic N) is 2. The number of aromatic carboxylic acids is 1. The van der Waals surface area contributed by atoms with Crippen molar-refractivity contribution in [3.8, 4) is 17.2 Å².